The van der Waals surface area contributed by atoms with Crippen molar-refractivity contribution >= 4 is 16.7 Å². The summed E-state index contributed by atoms with van der Waals surface area (Å²) in [4.78, 5) is 23.9. The van der Waals surface area contributed by atoms with Crippen LogP contribution < -0.4 is 15.4 Å². The minimum atomic E-state index is -1.42. The van der Waals surface area contributed by atoms with E-state index < -0.39 is 5.97 Å². The zero-order chi connectivity index (χ0) is 19.6. The van der Waals surface area contributed by atoms with Gasteiger partial charge in [0.05, 0.1) is 17.9 Å². The van der Waals surface area contributed by atoms with Crippen LogP contribution >= 0.6 is 0 Å². The Hall–Kier alpha value is -3.15. The van der Waals surface area contributed by atoms with Crippen molar-refractivity contribution in [3.05, 3.63) is 70.1 Å². The van der Waals surface area contributed by atoms with Gasteiger partial charge in [-0.2, -0.15) is 5.10 Å². The molecule has 140 valence electrons. The van der Waals surface area contributed by atoms with Gasteiger partial charge in [0.2, 0.25) is 0 Å². The molecule has 0 unspecified atom stereocenters. The molecule has 0 atom stereocenters. The van der Waals surface area contributed by atoms with Crippen LogP contribution in [0.3, 0.4) is 0 Å². The van der Waals surface area contributed by atoms with Gasteiger partial charge in [-0.05, 0) is 29.2 Å². The summed E-state index contributed by atoms with van der Waals surface area (Å²) < 4.78 is 6.79. The third-order valence-electron chi connectivity index (χ3n) is 4.35. The van der Waals surface area contributed by atoms with Crippen molar-refractivity contribution in [2.75, 3.05) is 6.61 Å². The zero-order valence-electron chi connectivity index (χ0n) is 15.6. The molecule has 0 aliphatic carbocycles. The number of aromatic nitrogens is 2. The van der Waals surface area contributed by atoms with E-state index in [1.165, 1.54) is 5.56 Å². The van der Waals surface area contributed by atoms with Gasteiger partial charge in [-0.1, -0.05) is 51.1 Å². The fourth-order valence-corrected chi connectivity index (χ4v) is 2.84. The number of carbonyl (C=O) groups is 1. The molecule has 0 amide bonds. The first-order chi connectivity index (χ1) is 12.8. The van der Waals surface area contributed by atoms with E-state index in [9.17, 15) is 14.7 Å². The van der Waals surface area contributed by atoms with Crippen LogP contribution in [0.4, 0.5) is 0 Å². The standard InChI is InChI=1S/C21H22N2O4/c1-21(2,3)14-8-10-15(11-9-14)27-13-12-23-19(24)17-7-5-4-6-16(17)18(22-23)20(25)26/h4-11H,12-13H2,1-3H3,(H,25,26)/p-1. The molecule has 0 saturated carbocycles. The summed E-state index contributed by atoms with van der Waals surface area (Å²) in [6.07, 6.45) is 0. The summed E-state index contributed by atoms with van der Waals surface area (Å²) >= 11 is 0. The van der Waals surface area contributed by atoms with Crippen LogP contribution in [0.5, 0.6) is 5.75 Å². The van der Waals surface area contributed by atoms with E-state index in [0.29, 0.717) is 11.1 Å². The lowest BCUT2D eigenvalue weighted by atomic mass is 9.87. The molecule has 0 saturated heterocycles. The van der Waals surface area contributed by atoms with Gasteiger partial charge in [-0.15, -0.1) is 0 Å². The Morgan fingerprint density at radius 2 is 1.70 bits per heavy atom. The maximum Gasteiger partial charge on any atom is 0.274 e. The van der Waals surface area contributed by atoms with Crippen molar-refractivity contribution < 1.29 is 14.6 Å². The molecule has 3 aromatic rings. The van der Waals surface area contributed by atoms with Gasteiger partial charge in [-0.3, -0.25) is 4.79 Å². The predicted molar refractivity (Wildman–Crippen MR) is 101 cm³/mol. The van der Waals surface area contributed by atoms with Crippen LogP contribution in [0.2, 0.25) is 0 Å². The smallest absolute Gasteiger partial charge is 0.274 e. The Labute approximate surface area is 157 Å². The van der Waals surface area contributed by atoms with E-state index in [-0.39, 0.29) is 35.2 Å². The molecule has 0 radical (unpaired) electrons. The van der Waals surface area contributed by atoms with Gasteiger partial charge < -0.3 is 14.6 Å². The van der Waals surface area contributed by atoms with Gasteiger partial charge in [0.25, 0.3) is 5.56 Å². The SMILES string of the molecule is CC(C)(C)c1ccc(OCCn2nc(C(=O)[O-])c3ccccc3c2=O)cc1. The van der Waals surface area contributed by atoms with Crippen LogP contribution in [-0.2, 0) is 12.0 Å². The highest BCUT2D eigenvalue weighted by Crippen LogP contribution is 2.24. The Bertz CT molecular complexity index is 1030. The monoisotopic (exact) mass is 365 g/mol. The molecule has 3 rings (SSSR count). The first kappa shape index (κ1) is 18.6. The van der Waals surface area contributed by atoms with Crippen LogP contribution in [0.15, 0.2) is 53.3 Å². The number of carboxylic acid groups (broad SMARTS) is 1. The van der Waals surface area contributed by atoms with E-state index in [2.05, 4.69) is 25.9 Å². The Kier molecular flexibility index (Phi) is 4.99. The number of ether oxygens (including phenoxy) is 1. The molecule has 0 N–H and O–H groups in total. The lowest BCUT2D eigenvalue weighted by molar-refractivity contribution is -0.255. The van der Waals surface area contributed by atoms with Crippen molar-refractivity contribution in [3.63, 3.8) is 0 Å². The molecule has 2 aromatic carbocycles. The average molecular weight is 365 g/mol. The molecule has 0 fully saturated rings. The summed E-state index contributed by atoms with van der Waals surface area (Å²) in [5.74, 6) is -0.740. The Balaban J connectivity index is 1.78. The summed E-state index contributed by atoms with van der Waals surface area (Å²) in [5.41, 5.74) is 0.644. The van der Waals surface area contributed by atoms with Crippen LogP contribution in [0.1, 0.15) is 36.8 Å². The van der Waals surface area contributed by atoms with E-state index in [1.54, 1.807) is 24.3 Å². The third kappa shape index (κ3) is 4.00. The fourth-order valence-electron chi connectivity index (χ4n) is 2.84. The van der Waals surface area contributed by atoms with Gasteiger partial charge in [0, 0.05) is 5.39 Å². The van der Waals surface area contributed by atoms with E-state index in [4.69, 9.17) is 4.74 Å². The molecule has 27 heavy (non-hydrogen) atoms. The maximum atomic E-state index is 12.5. The number of benzene rings is 2. The van der Waals surface area contributed by atoms with Crippen LogP contribution in [0.25, 0.3) is 10.8 Å². The minimum absolute atomic E-state index is 0.0577. The molecule has 1 heterocycles. The van der Waals surface area contributed by atoms with E-state index in [1.807, 2.05) is 24.3 Å². The third-order valence-corrected chi connectivity index (χ3v) is 4.35. The molecule has 0 spiro atoms. The van der Waals surface area contributed by atoms with Crippen molar-refractivity contribution in [3.8, 4) is 5.75 Å². The minimum Gasteiger partial charge on any atom is -0.543 e. The van der Waals surface area contributed by atoms with E-state index >= 15 is 0 Å². The summed E-state index contributed by atoms with van der Waals surface area (Å²) in [6.45, 7) is 6.72. The lowest BCUT2D eigenvalue weighted by Crippen LogP contribution is -2.32. The predicted octanol–water partition coefficient (Wildman–Crippen LogP) is 2.14. The number of carbonyl (C=O) groups excluding carboxylic acids is 1. The Morgan fingerprint density at radius 1 is 1.07 bits per heavy atom. The summed E-state index contributed by atoms with van der Waals surface area (Å²) in [6, 6.07) is 14.2. The van der Waals surface area contributed by atoms with Crippen molar-refractivity contribution in [2.45, 2.75) is 32.7 Å². The highest BCUT2D eigenvalue weighted by molar-refractivity contribution is 6.00. The van der Waals surface area contributed by atoms with Gasteiger partial charge in [0.15, 0.2) is 0 Å². The van der Waals surface area contributed by atoms with Crippen molar-refractivity contribution in [1.82, 2.24) is 9.78 Å². The first-order valence-corrected chi connectivity index (χ1v) is 8.72. The number of fused-ring (bicyclic) bond motifs is 1. The second-order valence-electron chi connectivity index (χ2n) is 7.33. The highest BCUT2D eigenvalue weighted by atomic mass is 16.5. The number of nitrogens with zero attached hydrogens (tertiary/aromatic N) is 2. The summed E-state index contributed by atoms with van der Waals surface area (Å²) in [5, 5.41) is 15.9. The number of carboxylic acids is 1. The molecular formula is C21H21N2O4-. The van der Waals surface area contributed by atoms with Crippen molar-refractivity contribution in [1.29, 1.82) is 0 Å². The van der Waals surface area contributed by atoms with Crippen LogP contribution in [-0.4, -0.2) is 22.4 Å². The normalized spacial score (nSPS) is 11.5. The highest BCUT2D eigenvalue weighted by Gasteiger charge is 2.13. The second-order valence-corrected chi connectivity index (χ2v) is 7.33. The molecule has 1 aromatic heterocycles. The molecular weight excluding hydrogens is 344 g/mol. The van der Waals surface area contributed by atoms with Crippen molar-refractivity contribution in [2.24, 2.45) is 0 Å². The second kappa shape index (κ2) is 7.23. The van der Waals surface area contributed by atoms with E-state index in [0.717, 1.165) is 4.68 Å². The van der Waals surface area contributed by atoms with Gasteiger partial charge in [-0.25, -0.2) is 4.68 Å². The number of aromatic carboxylic acids is 1. The largest absolute Gasteiger partial charge is 0.543 e. The lowest BCUT2D eigenvalue weighted by Gasteiger charge is -2.19. The topological polar surface area (TPSA) is 84.2 Å². The van der Waals surface area contributed by atoms with Gasteiger partial charge in [0.1, 0.15) is 18.1 Å². The average Bonchev–Trinajstić information content (AvgIpc) is 2.63. The number of hydrogen-bond donors (Lipinski definition) is 0. The molecule has 6 heteroatoms. The molecule has 0 aliphatic rings. The fraction of sp³-hybridized carbons (Fsp3) is 0.286. The summed E-state index contributed by atoms with van der Waals surface area (Å²) in [7, 11) is 0. The number of rotatable bonds is 5. The molecule has 0 bridgehead atoms. The molecule has 6 nitrogen and oxygen atoms in total. The first-order valence-electron chi connectivity index (χ1n) is 8.72. The Morgan fingerprint density at radius 3 is 2.30 bits per heavy atom. The number of hydrogen-bond acceptors (Lipinski definition) is 5. The maximum absolute atomic E-state index is 12.5. The zero-order valence-corrected chi connectivity index (χ0v) is 15.6. The molecule has 0 aliphatic heterocycles. The van der Waals surface area contributed by atoms with Gasteiger partial charge >= 0.3 is 0 Å². The van der Waals surface area contributed by atoms with Crippen LogP contribution in [0, 0.1) is 0 Å². The quantitative estimate of drug-likeness (QED) is 0.692.